The van der Waals surface area contributed by atoms with Crippen LogP contribution in [0.1, 0.15) is 43.9 Å². The Kier molecular flexibility index (Phi) is 8.84. The lowest BCUT2D eigenvalue weighted by Crippen LogP contribution is -2.39. The quantitative estimate of drug-likeness (QED) is 0.161. The van der Waals surface area contributed by atoms with Gasteiger partial charge in [-0.05, 0) is 61.1 Å². The number of hydrogen-bond donors (Lipinski definition) is 0. The van der Waals surface area contributed by atoms with Crippen LogP contribution in [0.25, 0.3) is 6.08 Å². The number of thiazole rings is 1. The highest BCUT2D eigenvalue weighted by Crippen LogP contribution is 2.31. The minimum atomic E-state index is -0.638. The zero-order valence-electron chi connectivity index (χ0n) is 21.2. The van der Waals surface area contributed by atoms with E-state index in [0.29, 0.717) is 27.2 Å². The van der Waals surface area contributed by atoms with E-state index in [2.05, 4.69) is 18.5 Å². The van der Waals surface area contributed by atoms with E-state index in [4.69, 9.17) is 9.47 Å². The fraction of sp³-hybridized carbons (Fsp3) is 0.276. The minimum Gasteiger partial charge on any atom is -0.494 e. The fourth-order valence-corrected chi connectivity index (χ4v) is 5.50. The number of benzene rings is 2. The average molecular weight is 535 g/mol. The molecule has 0 amide bonds. The van der Waals surface area contributed by atoms with Crippen molar-refractivity contribution in [3.05, 3.63) is 103 Å². The Bertz CT molecular complexity index is 1480. The van der Waals surface area contributed by atoms with Gasteiger partial charge in [-0.1, -0.05) is 61.6 Å². The van der Waals surface area contributed by atoms with E-state index in [9.17, 15) is 9.59 Å². The smallest absolute Gasteiger partial charge is 0.338 e. The molecule has 0 aliphatic carbocycles. The van der Waals surface area contributed by atoms with Gasteiger partial charge in [-0.15, -0.1) is 11.8 Å². The molecule has 192 valence electrons. The molecule has 1 aliphatic heterocycles. The topological polar surface area (TPSA) is 69.9 Å². The summed E-state index contributed by atoms with van der Waals surface area (Å²) in [6.07, 6.45) is 7.46. The predicted molar refractivity (Wildman–Crippen MR) is 150 cm³/mol. The maximum absolute atomic E-state index is 13.7. The van der Waals surface area contributed by atoms with Gasteiger partial charge in [0.1, 0.15) is 12.4 Å². The largest absolute Gasteiger partial charge is 0.494 e. The Labute approximate surface area is 224 Å². The molecule has 4 rings (SSSR count). The maximum atomic E-state index is 13.7. The van der Waals surface area contributed by atoms with E-state index in [1.54, 1.807) is 23.3 Å². The molecule has 6 nitrogen and oxygen atoms in total. The molecule has 0 N–H and O–H groups in total. The number of thioether (sulfide) groups is 1. The number of carbonyl (C=O) groups is 1. The molecule has 1 atom stereocenters. The summed E-state index contributed by atoms with van der Waals surface area (Å²) in [6, 6.07) is 14.9. The summed E-state index contributed by atoms with van der Waals surface area (Å²) in [5.74, 6) is 0.298. The first-order valence-corrected chi connectivity index (χ1v) is 14.2. The minimum absolute atomic E-state index is 0.0797. The van der Waals surface area contributed by atoms with Crippen molar-refractivity contribution in [2.45, 2.75) is 37.6 Å². The molecule has 1 aromatic heterocycles. The molecule has 0 saturated heterocycles. The average Bonchev–Trinajstić information content (AvgIpc) is 3.21. The molecule has 0 fully saturated rings. The van der Waals surface area contributed by atoms with E-state index < -0.39 is 12.0 Å². The second kappa shape index (κ2) is 12.3. The normalized spacial score (nSPS) is 15.2. The second-order valence-electron chi connectivity index (χ2n) is 8.51. The lowest BCUT2D eigenvalue weighted by atomic mass is 9.96. The number of carbonyl (C=O) groups excluding carboxylic acids is 1. The van der Waals surface area contributed by atoms with Crippen molar-refractivity contribution in [1.82, 2.24) is 4.57 Å². The summed E-state index contributed by atoms with van der Waals surface area (Å²) >= 11 is 2.94. The highest BCUT2D eigenvalue weighted by Gasteiger charge is 2.33. The highest BCUT2D eigenvalue weighted by atomic mass is 32.2. The summed E-state index contributed by atoms with van der Waals surface area (Å²) in [6.45, 7) is 8.29. The molecule has 3 aromatic rings. The number of allylic oxidation sites excluding steroid dienone is 1. The number of unbranched alkanes of at least 4 members (excludes halogenated alkanes) is 1. The third-order valence-corrected chi connectivity index (χ3v) is 7.68. The SMILES string of the molecule is C=CCOC(=O)C1=C(C)N=c2sc(=Cc3ccc(OCCCC)cc3)c(=O)n2C1c1ccc(SC)cc1. The maximum Gasteiger partial charge on any atom is 0.338 e. The molecule has 8 heteroatoms. The monoisotopic (exact) mass is 534 g/mol. The first-order chi connectivity index (χ1) is 18.0. The summed E-state index contributed by atoms with van der Waals surface area (Å²) in [5, 5.41) is 0. The molecule has 2 aromatic carbocycles. The van der Waals surface area contributed by atoms with Crippen LogP contribution >= 0.6 is 23.1 Å². The Hall–Kier alpha value is -3.36. The van der Waals surface area contributed by atoms with Crippen LogP contribution in [0.3, 0.4) is 0 Å². The van der Waals surface area contributed by atoms with Crippen molar-refractivity contribution < 1.29 is 14.3 Å². The number of fused-ring (bicyclic) bond motifs is 1. The summed E-state index contributed by atoms with van der Waals surface area (Å²) in [5.41, 5.74) is 2.39. The van der Waals surface area contributed by atoms with E-state index in [0.717, 1.165) is 34.6 Å². The van der Waals surface area contributed by atoms with Gasteiger partial charge in [0.2, 0.25) is 0 Å². The number of nitrogens with zero attached hydrogens (tertiary/aromatic N) is 2. The van der Waals surface area contributed by atoms with E-state index in [1.165, 1.54) is 17.4 Å². The van der Waals surface area contributed by atoms with Crippen molar-refractivity contribution in [2.75, 3.05) is 19.5 Å². The number of ether oxygens (including phenoxy) is 2. The molecule has 1 unspecified atom stereocenters. The van der Waals surface area contributed by atoms with Crippen LogP contribution in [0, 0.1) is 0 Å². The standard InChI is InChI=1S/C29H30N2O4S2/c1-5-7-17-34-22-12-8-20(9-13-22)18-24-27(32)31-26(21-10-14-23(36-4)15-11-21)25(28(33)35-16-6-2)19(3)30-29(31)37-24/h6,8-15,18,26H,2,5,7,16-17H2,1,3-4H3. The Morgan fingerprint density at radius 1 is 1.19 bits per heavy atom. The van der Waals surface area contributed by atoms with Gasteiger partial charge in [0.05, 0.1) is 28.5 Å². The molecule has 0 radical (unpaired) electrons. The van der Waals surface area contributed by atoms with Crippen LogP contribution in [0.4, 0.5) is 0 Å². The van der Waals surface area contributed by atoms with E-state index >= 15 is 0 Å². The zero-order chi connectivity index (χ0) is 26.4. The Morgan fingerprint density at radius 3 is 2.57 bits per heavy atom. The van der Waals surface area contributed by atoms with Crippen LogP contribution in [0.2, 0.25) is 0 Å². The van der Waals surface area contributed by atoms with Crippen LogP contribution in [0.5, 0.6) is 5.75 Å². The van der Waals surface area contributed by atoms with E-state index in [-0.39, 0.29) is 12.2 Å². The lowest BCUT2D eigenvalue weighted by Gasteiger charge is -2.24. The lowest BCUT2D eigenvalue weighted by molar-refractivity contribution is -0.138. The van der Waals surface area contributed by atoms with Gasteiger partial charge < -0.3 is 9.47 Å². The Balaban J connectivity index is 1.78. The van der Waals surface area contributed by atoms with Crippen molar-refractivity contribution in [1.29, 1.82) is 0 Å². The third-order valence-electron chi connectivity index (χ3n) is 5.95. The van der Waals surface area contributed by atoms with Gasteiger partial charge in [0.15, 0.2) is 4.80 Å². The van der Waals surface area contributed by atoms with Gasteiger partial charge >= 0.3 is 5.97 Å². The van der Waals surface area contributed by atoms with Gasteiger partial charge in [-0.25, -0.2) is 9.79 Å². The van der Waals surface area contributed by atoms with Gasteiger partial charge in [0, 0.05) is 4.90 Å². The molecule has 37 heavy (non-hydrogen) atoms. The van der Waals surface area contributed by atoms with Crippen LogP contribution in [-0.2, 0) is 9.53 Å². The number of esters is 1. The first-order valence-electron chi connectivity index (χ1n) is 12.1. The molecule has 1 aliphatic rings. The molecule has 0 saturated carbocycles. The molecule has 0 spiro atoms. The number of rotatable bonds is 10. The second-order valence-corrected chi connectivity index (χ2v) is 10.4. The van der Waals surface area contributed by atoms with Crippen molar-refractivity contribution in [3.63, 3.8) is 0 Å². The molecular formula is C29H30N2O4S2. The van der Waals surface area contributed by atoms with Gasteiger partial charge in [-0.3, -0.25) is 9.36 Å². The van der Waals surface area contributed by atoms with Crippen molar-refractivity contribution in [3.8, 4) is 5.75 Å². The van der Waals surface area contributed by atoms with Crippen LogP contribution < -0.4 is 19.6 Å². The van der Waals surface area contributed by atoms with Crippen molar-refractivity contribution >= 4 is 35.1 Å². The summed E-state index contributed by atoms with van der Waals surface area (Å²) in [7, 11) is 0. The zero-order valence-corrected chi connectivity index (χ0v) is 22.9. The van der Waals surface area contributed by atoms with E-state index in [1.807, 2.05) is 60.9 Å². The predicted octanol–water partition coefficient (Wildman–Crippen LogP) is 4.87. The number of aromatic nitrogens is 1. The number of hydrogen-bond acceptors (Lipinski definition) is 7. The fourth-order valence-electron chi connectivity index (χ4n) is 4.04. The van der Waals surface area contributed by atoms with Crippen LogP contribution in [0.15, 0.2) is 87.1 Å². The highest BCUT2D eigenvalue weighted by molar-refractivity contribution is 7.98. The molecular weight excluding hydrogens is 504 g/mol. The van der Waals surface area contributed by atoms with Crippen molar-refractivity contribution in [2.24, 2.45) is 4.99 Å². The van der Waals surface area contributed by atoms with Crippen LogP contribution in [-0.4, -0.2) is 30.0 Å². The third kappa shape index (κ3) is 5.97. The Morgan fingerprint density at radius 2 is 1.92 bits per heavy atom. The molecule has 0 bridgehead atoms. The molecule has 2 heterocycles. The van der Waals surface area contributed by atoms with Gasteiger partial charge in [0.25, 0.3) is 5.56 Å². The first kappa shape index (κ1) is 26.7. The summed E-state index contributed by atoms with van der Waals surface area (Å²) < 4.78 is 13.3. The summed E-state index contributed by atoms with van der Waals surface area (Å²) in [4.78, 5) is 33.1. The van der Waals surface area contributed by atoms with Gasteiger partial charge in [-0.2, -0.15) is 0 Å².